The number of alkyl halides is 2. The number of urea groups is 1. The lowest BCUT2D eigenvalue weighted by Crippen LogP contribution is -2.40. The van der Waals surface area contributed by atoms with Crippen LogP contribution >= 0.6 is 0 Å². The first kappa shape index (κ1) is 22.0. The van der Waals surface area contributed by atoms with Crippen molar-refractivity contribution in [2.75, 3.05) is 6.61 Å². The number of imide groups is 1. The maximum atomic E-state index is 12.9. The normalized spacial score (nSPS) is 18.7. The molecular weight excluding hydrogens is 412 g/mol. The Kier molecular flexibility index (Phi) is 6.38. The number of nitrogens with one attached hydrogen (secondary N) is 1. The van der Waals surface area contributed by atoms with Crippen LogP contribution in [-0.4, -0.2) is 41.5 Å². The van der Waals surface area contributed by atoms with Crippen molar-refractivity contribution in [3.63, 3.8) is 0 Å². The molecule has 2 aromatic rings. The summed E-state index contributed by atoms with van der Waals surface area (Å²) in [6, 6.07) is 9.19. The zero-order valence-corrected chi connectivity index (χ0v) is 16.8. The molecule has 1 fully saturated rings. The summed E-state index contributed by atoms with van der Waals surface area (Å²) in [6.07, 6.45) is 2.00. The highest BCUT2D eigenvalue weighted by Crippen LogP contribution is 2.31. The second-order valence-corrected chi connectivity index (χ2v) is 6.89. The van der Waals surface area contributed by atoms with Crippen molar-refractivity contribution < 1.29 is 33.0 Å². The summed E-state index contributed by atoms with van der Waals surface area (Å²) in [5.74, 6) is -0.380. The van der Waals surface area contributed by atoms with E-state index in [-0.39, 0.29) is 17.1 Å². The van der Waals surface area contributed by atoms with Crippen molar-refractivity contribution in [3.8, 4) is 17.2 Å². The van der Waals surface area contributed by atoms with Crippen LogP contribution < -0.4 is 14.8 Å². The summed E-state index contributed by atoms with van der Waals surface area (Å²) >= 11 is 0. The molecule has 8 nitrogen and oxygen atoms in total. The summed E-state index contributed by atoms with van der Waals surface area (Å²) in [7, 11) is 0. The van der Waals surface area contributed by atoms with Gasteiger partial charge in [0.2, 0.25) is 0 Å². The fourth-order valence-corrected chi connectivity index (χ4v) is 2.96. The van der Waals surface area contributed by atoms with Gasteiger partial charge in [-0.2, -0.15) is 13.9 Å². The van der Waals surface area contributed by atoms with Crippen molar-refractivity contribution in [2.24, 2.45) is 5.10 Å². The van der Waals surface area contributed by atoms with E-state index in [2.05, 4.69) is 15.2 Å². The topological polar surface area (TPSA) is 100 Å². The van der Waals surface area contributed by atoms with E-state index in [0.717, 1.165) is 6.42 Å². The van der Waals surface area contributed by atoms with Crippen molar-refractivity contribution in [2.45, 2.75) is 32.4 Å². The summed E-state index contributed by atoms with van der Waals surface area (Å²) in [4.78, 5) is 25.2. The molecule has 1 atom stereocenters. The van der Waals surface area contributed by atoms with Crippen LogP contribution in [0.5, 0.6) is 17.2 Å². The van der Waals surface area contributed by atoms with Gasteiger partial charge in [0.25, 0.3) is 5.91 Å². The lowest BCUT2D eigenvalue weighted by Gasteiger charge is -2.21. The number of amides is 3. The molecule has 0 aromatic heterocycles. The summed E-state index contributed by atoms with van der Waals surface area (Å²) in [5, 5.41) is 17.2. The highest BCUT2D eigenvalue weighted by Gasteiger charge is 2.49. The quantitative estimate of drug-likeness (QED) is 0.490. The van der Waals surface area contributed by atoms with E-state index in [0.29, 0.717) is 22.9 Å². The van der Waals surface area contributed by atoms with Gasteiger partial charge in [-0.3, -0.25) is 4.79 Å². The summed E-state index contributed by atoms with van der Waals surface area (Å²) in [6.45, 7) is 0.965. The van der Waals surface area contributed by atoms with Crippen LogP contribution in [0.2, 0.25) is 0 Å². The van der Waals surface area contributed by atoms with Crippen LogP contribution in [0.15, 0.2) is 47.6 Å². The van der Waals surface area contributed by atoms with Crippen LogP contribution in [0.1, 0.15) is 31.4 Å². The van der Waals surface area contributed by atoms with Crippen LogP contribution in [0.4, 0.5) is 13.6 Å². The molecule has 3 rings (SSSR count). The Hall–Kier alpha value is -3.69. The van der Waals surface area contributed by atoms with E-state index in [4.69, 9.17) is 4.74 Å². The second kappa shape index (κ2) is 8.99. The van der Waals surface area contributed by atoms with Crippen LogP contribution in [0.3, 0.4) is 0 Å². The maximum absolute atomic E-state index is 12.9. The largest absolute Gasteiger partial charge is 0.507 e. The van der Waals surface area contributed by atoms with Gasteiger partial charge in [-0.1, -0.05) is 19.1 Å². The molecule has 31 heavy (non-hydrogen) atoms. The molecule has 1 unspecified atom stereocenters. The molecular formula is C21H21F2N3O5. The summed E-state index contributed by atoms with van der Waals surface area (Å²) in [5.41, 5.74) is -0.797. The summed E-state index contributed by atoms with van der Waals surface area (Å²) < 4.78 is 34.3. The number of phenolic OH excluding ortho intramolecular Hbond substituents is 1. The number of aromatic hydroxyl groups is 1. The van der Waals surface area contributed by atoms with E-state index in [1.807, 2.05) is 6.92 Å². The van der Waals surface area contributed by atoms with Crippen LogP contribution in [0.25, 0.3) is 0 Å². The number of phenols is 1. The fraction of sp³-hybridized carbons (Fsp3) is 0.286. The van der Waals surface area contributed by atoms with Crippen LogP contribution in [0, 0.1) is 0 Å². The minimum atomic E-state index is -2.97. The van der Waals surface area contributed by atoms with Gasteiger partial charge in [-0.15, -0.1) is 5.01 Å². The fourth-order valence-electron chi connectivity index (χ4n) is 2.96. The first-order chi connectivity index (χ1) is 14.7. The smallest absolute Gasteiger partial charge is 0.387 e. The Bertz CT molecular complexity index is 997. The number of ether oxygens (including phenoxy) is 2. The van der Waals surface area contributed by atoms with E-state index >= 15 is 0 Å². The molecule has 0 saturated carbocycles. The number of nitrogens with zero attached hydrogens (tertiary/aromatic N) is 2. The average Bonchev–Trinajstić information content (AvgIpc) is 2.95. The van der Waals surface area contributed by atoms with Crippen LogP contribution in [-0.2, 0) is 10.3 Å². The van der Waals surface area contributed by atoms with Gasteiger partial charge in [0.1, 0.15) is 22.8 Å². The Morgan fingerprint density at radius 3 is 2.48 bits per heavy atom. The van der Waals surface area contributed by atoms with Gasteiger partial charge in [0.15, 0.2) is 0 Å². The molecule has 0 radical (unpaired) electrons. The van der Waals surface area contributed by atoms with E-state index < -0.39 is 24.1 Å². The van der Waals surface area contributed by atoms with E-state index in [1.54, 1.807) is 12.1 Å². The SMILES string of the molecule is CCCOc1ccc(/C=N/N2C(=O)NC(C)(c3ccc(OC(F)F)cc3)C2=O)c(O)c1. The zero-order chi connectivity index (χ0) is 22.6. The molecule has 3 amide bonds. The van der Waals surface area contributed by atoms with E-state index in [1.165, 1.54) is 43.5 Å². The van der Waals surface area contributed by atoms with Crippen molar-refractivity contribution in [3.05, 3.63) is 53.6 Å². The standard InChI is InChI=1S/C21H21F2N3O5/c1-3-10-30-16-7-4-13(17(27)11-16)12-24-26-18(28)21(2,25-20(26)29)14-5-8-15(9-6-14)31-19(22)23/h4-9,11-12,19,27H,3,10H2,1-2H3,(H,25,29)/b24-12+. The number of carbonyl (C=O) groups excluding carboxylic acids is 2. The number of hydrogen-bond donors (Lipinski definition) is 2. The Balaban J connectivity index is 1.77. The zero-order valence-electron chi connectivity index (χ0n) is 16.8. The number of hydrogen-bond acceptors (Lipinski definition) is 6. The molecule has 164 valence electrons. The Labute approximate surface area is 177 Å². The number of benzene rings is 2. The monoisotopic (exact) mass is 433 g/mol. The lowest BCUT2D eigenvalue weighted by molar-refractivity contribution is -0.131. The molecule has 1 heterocycles. The van der Waals surface area contributed by atoms with Gasteiger partial charge in [0.05, 0.1) is 12.8 Å². The molecule has 1 saturated heterocycles. The Morgan fingerprint density at radius 1 is 1.19 bits per heavy atom. The maximum Gasteiger partial charge on any atom is 0.387 e. The third-order valence-electron chi connectivity index (χ3n) is 4.61. The van der Waals surface area contributed by atoms with Gasteiger partial charge in [-0.25, -0.2) is 4.79 Å². The molecule has 0 bridgehead atoms. The molecule has 2 N–H and O–H groups in total. The van der Waals surface area contributed by atoms with Crippen molar-refractivity contribution in [1.29, 1.82) is 0 Å². The minimum absolute atomic E-state index is 0.0733. The molecule has 1 aliphatic rings. The van der Waals surface area contributed by atoms with Crippen molar-refractivity contribution >= 4 is 18.2 Å². The molecule has 1 aliphatic heterocycles. The van der Waals surface area contributed by atoms with E-state index in [9.17, 15) is 23.5 Å². The van der Waals surface area contributed by atoms with Gasteiger partial charge >= 0.3 is 12.6 Å². The molecule has 2 aromatic carbocycles. The minimum Gasteiger partial charge on any atom is -0.507 e. The number of halogens is 2. The van der Waals surface area contributed by atoms with Gasteiger partial charge in [-0.05, 0) is 43.2 Å². The number of hydrazone groups is 1. The second-order valence-electron chi connectivity index (χ2n) is 6.89. The third kappa shape index (κ3) is 4.73. The third-order valence-corrected chi connectivity index (χ3v) is 4.61. The molecule has 10 heteroatoms. The van der Waals surface area contributed by atoms with Gasteiger partial charge < -0.3 is 19.9 Å². The lowest BCUT2D eigenvalue weighted by atomic mass is 9.92. The number of rotatable bonds is 8. The predicted octanol–water partition coefficient (Wildman–Crippen LogP) is 3.58. The first-order valence-electron chi connectivity index (χ1n) is 9.46. The number of carbonyl (C=O) groups is 2. The average molecular weight is 433 g/mol. The Morgan fingerprint density at radius 2 is 1.87 bits per heavy atom. The predicted molar refractivity (Wildman–Crippen MR) is 107 cm³/mol. The molecule has 0 spiro atoms. The van der Waals surface area contributed by atoms with Crippen molar-refractivity contribution in [1.82, 2.24) is 10.3 Å². The molecule has 0 aliphatic carbocycles. The van der Waals surface area contributed by atoms with Gasteiger partial charge in [0, 0.05) is 11.6 Å². The highest BCUT2D eigenvalue weighted by atomic mass is 19.3. The highest BCUT2D eigenvalue weighted by molar-refractivity contribution is 6.07. The first-order valence-corrected chi connectivity index (χ1v) is 9.46.